The molecule has 0 unspecified atom stereocenters. The number of aromatic nitrogens is 2. The van der Waals surface area contributed by atoms with E-state index in [1.165, 1.54) is 6.20 Å². The number of aliphatic hydroxyl groups excluding tert-OH is 1. The summed E-state index contributed by atoms with van der Waals surface area (Å²) in [6.45, 7) is 5.73. The van der Waals surface area contributed by atoms with Crippen LogP contribution in [0.5, 0.6) is 0 Å². The van der Waals surface area contributed by atoms with E-state index in [0.29, 0.717) is 29.7 Å². The minimum Gasteiger partial charge on any atom is -0.444 e. The molecule has 0 fully saturated rings. The summed E-state index contributed by atoms with van der Waals surface area (Å²) in [7, 11) is 0. The zero-order valence-electron chi connectivity index (χ0n) is 14.0. The van der Waals surface area contributed by atoms with Crippen LogP contribution in [-0.2, 0) is 4.74 Å². The number of pyridine rings is 1. The molecule has 2 heterocycles. The summed E-state index contributed by atoms with van der Waals surface area (Å²) in [5, 5.41) is 18.2. The quantitative estimate of drug-likeness (QED) is 0.723. The molecule has 8 nitrogen and oxygen atoms in total. The molecule has 2 rings (SSSR count). The van der Waals surface area contributed by atoms with Crippen molar-refractivity contribution in [3.05, 3.63) is 30.1 Å². The fourth-order valence-corrected chi connectivity index (χ4v) is 2.03. The lowest BCUT2D eigenvalue weighted by atomic mass is 10.2. The van der Waals surface area contributed by atoms with Gasteiger partial charge in [0.2, 0.25) is 0 Å². The lowest BCUT2D eigenvalue weighted by Crippen LogP contribution is -2.27. The van der Waals surface area contributed by atoms with Gasteiger partial charge in [0.05, 0.1) is 17.3 Å². The van der Waals surface area contributed by atoms with Gasteiger partial charge in [-0.1, -0.05) is 0 Å². The molecule has 0 bridgehead atoms. The fourth-order valence-electron chi connectivity index (χ4n) is 2.03. The third-order valence-corrected chi connectivity index (χ3v) is 3.03. The van der Waals surface area contributed by atoms with E-state index in [1.807, 2.05) is 0 Å². The molecule has 0 aliphatic rings. The lowest BCUT2D eigenvalue weighted by Gasteiger charge is -2.19. The second-order valence-corrected chi connectivity index (χ2v) is 6.26. The molecule has 0 radical (unpaired) electrons. The first-order chi connectivity index (χ1) is 11.3. The minimum atomic E-state index is -0.595. The number of nitrogens with zero attached hydrogens (tertiary/aromatic N) is 2. The highest BCUT2D eigenvalue weighted by Gasteiger charge is 2.17. The molecule has 2 amide bonds. The molecule has 3 N–H and O–H groups in total. The molecule has 24 heavy (non-hydrogen) atoms. The van der Waals surface area contributed by atoms with Crippen molar-refractivity contribution in [2.24, 2.45) is 0 Å². The van der Waals surface area contributed by atoms with Gasteiger partial charge in [0.1, 0.15) is 5.60 Å². The standard InChI is InChI=1S/C16H22N4O4/c1-16(2,3)24-15(23)19-11-5-7-20-13(9-11)12(10-18-20)14(22)17-6-4-8-21/h5,7,9-10,21H,4,6,8H2,1-3H3,(H,17,22)(H,19,23). The number of aliphatic hydroxyl groups is 1. The van der Waals surface area contributed by atoms with Gasteiger partial charge in [-0.25, -0.2) is 9.31 Å². The van der Waals surface area contributed by atoms with Crippen molar-refractivity contribution in [1.82, 2.24) is 14.9 Å². The summed E-state index contributed by atoms with van der Waals surface area (Å²) in [5.41, 5.74) is 0.857. The Kier molecular flexibility index (Phi) is 5.40. The molecule has 0 saturated heterocycles. The van der Waals surface area contributed by atoms with Gasteiger partial charge in [0.15, 0.2) is 0 Å². The van der Waals surface area contributed by atoms with Crippen LogP contribution in [0.4, 0.5) is 10.5 Å². The molecule has 0 aromatic carbocycles. The van der Waals surface area contributed by atoms with Crippen molar-refractivity contribution in [2.45, 2.75) is 32.8 Å². The Labute approximate surface area is 139 Å². The molecular formula is C16H22N4O4. The fraction of sp³-hybridized carbons (Fsp3) is 0.438. The van der Waals surface area contributed by atoms with E-state index >= 15 is 0 Å². The van der Waals surface area contributed by atoms with E-state index in [2.05, 4.69) is 15.7 Å². The summed E-state index contributed by atoms with van der Waals surface area (Å²) in [4.78, 5) is 24.0. The molecule has 0 aliphatic heterocycles. The lowest BCUT2D eigenvalue weighted by molar-refractivity contribution is 0.0635. The number of ether oxygens (including phenoxy) is 1. The Morgan fingerprint density at radius 3 is 2.79 bits per heavy atom. The summed E-state index contributed by atoms with van der Waals surface area (Å²) >= 11 is 0. The van der Waals surface area contributed by atoms with Crippen LogP contribution in [0, 0.1) is 0 Å². The van der Waals surface area contributed by atoms with Crippen LogP contribution >= 0.6 is 0 Å². The van der Waals surface area contributed by atoms with Gasteiger partial charge >= 0.3 is 6.09 Å². The average Bonchev–Trinajstić information content (AvgIpc) is 2.88. The van der Waals surface area contributed by atoms with E-state index in [-0.39, 0.29) is 12.5 Å². The first-order valence-corrected chi connectivity index (χ1v) is 7.66. The topological polar surface area (TPSA) is 105 Å². The van der Waals surface area contributed by atoms with Gasteiger partial charge in [-0.05, 0) is 39.3 Å². The van der Waals surface area contributed by atoms with Crippen molar-refractivity contribution < 1.29 is 19.4 Å². The number of amides is 2. The number of carbonyl (C=O) groups excluding carboxylic acids is 2. The number of fused-ring (bicyclic) bond motifs is 1. The Morgan fingerprint density at radius 1 is 1.38 bits per heavy atom. The maximum atomic E-state index is 12.2. The van der Waals surface area contributed by atoms with Gasteiger partial charge in [-0.15, -0.1) is 0 Å². The molecule has 0 atom stereocenters. The molecule has 0 aliphatic carbocycles. The van der Waals surface area contributed by atoms with E-state index in [9.17, 15) is 9.59 Å². The predicted molar refractivity (Wildman–Crippen MR) is 89.1 cm³/mol. The second kappa shape index (κ2) is 7.31. The van der Waals surface area contributed by atoms with Crippen molar-refractivity contribution in [3.8, 4) is 0 Å². The van der Waals surface area contributed by atoms with E-state index in [0.717, 1.165) is 0 Å². The highest BCUT2D eigenvalue weighted by molar-refractivity contribution is 6.01. The molecule has 2 aromatic rings. The maximum absolute atomic E-state index is 12.2. The second-order valence-electron chi connectivity index (χ2n) is 6.26. The van der Waals surface area contributed by atoms with Crippen LogP contribution in [0.1, 0.15) is 37.6 Å². The van der Waals surface area contributed by atoms with Crippen LogP contribution in [0.3, 0.4) is 0 Å². The van der Waals surface area contributed by atoms with E-state index < -0.39 is 11.7 Å². The summed E-state index contributed by atoms with van der Waals surface area (Å²) in [6.07, 6.45) is 3.02. The molecule has 130 valence electrons. The van der Waals surface area contributed by atoms with Crippen molar-refractivity contribution >= 4 is 23.2 Å². The molecule has 2 aromatic heterocycles. The van der Waals surface area contributed by atoms with Gasteiger partial charge in [0.25, 0.3) is 5.91 Å². The Bertz CT molecular complexity index is 733. The summed E-state index contributed by atoms with van der Waals surface area (Å²) in [6, 6.07) is 3.31. The van der Waals surface area contributed by atoms with Crippen LogP contribution in [-0.4, -0.2) is 45.5 Å². The van der Waals surface area contributed by atoms with Gasteiger partial charge in [-0.2, -0.15) is 5.10 Å². The van der Waals surface area contributed by atoms with Crippen LogP contribution in [0.25, 0.3) is 5.52 Å². The molecular weight excluding hydrogens is 312 g/mol. The van der Waals surface area contributed by atoms with Crippen LogP contribution in [0.15, 0.2) is 24.5 Å². The number of rotatable bonds is 5. The third kappa shape index (κ3) is 4.69. The Balaban J connectivity index is 2.16. The van der Waals surface area contributed by atoms with Gasteiger partial charge in [0, 0.05) is 25.0 Å². The van der Waals surface area contributed by atoms with Crippen molar-refractivity contribution in [3.63, 3.8) is 0 Å². The average molecular weight is 334 g/mol. The van der Waals surface area contributed by atoms with Crippen molar-refractivity contribution in [1.29, 1.82) is 0 Å². The number of hydrogen-bond donors (Lipinski definition) is 3. The number of anilines is 1. The Morgan fingerprint density at radius 2 is 2.12 bits per heavy atom. The third-order valence-electron chi connectivity index (χ3n) is 3.03. The SMILES string of the molecule is CC(C)(C)OC(=O)Nc1ccn2ncc(C(=O)NCCCO)c2c1. The first-order valence-electron chi connectivity index (χ1n) is 7.66. The molecule has 0 spiro atoms. The van der Waals surface area contributed by atoms with E-state index in [1.54, 1.807) is 43.6 Å². The predicted octanol–water partition coefficient (Wildman–Crippen LogP) is 1.79. The van der Waals surface area contributed by atoms with Crippen molar-refractivity contribution in [2.75, 3.05) is 18.5 Å². The zero-order valence-corrected chi connectivity index (χ0v) is 14.0. The zero-order chi connectivity index (χ0) is 17.7. The molecule has 8 heteroatoms. The van der Waals surface area contributed by atoms with Gasteiger partial charge in [-0.3, -0.25) is 10.1 Å². The Hall–Kier alpha value is -2.61. The van der Waals surface area contributed by atoms with Gasteiger partial charge < -0.3 is 15.2 Å². The number of hydrogen-bond acceptors (Lipinski definition) is 5. The normalized spacial score (nSPS) is 11.3. The number of carbonyl (C=O) groups is 2. The highest BCUT2D eigenvalue weighted by Crippen LogP contribution is 2.17. The summed E-state index contributed by atoms with van der Waals surface area (Å²) in [5.74, 6) is -0.284. The largest absolute Gasteiger partial charge is 0.444 e. The smallest absolute Gasteiger partial charge is 0.412 e. The first kappa shape index (κ1) is 17.7. The maximum Gasteiger partial charge on any atom is 0.412 e. The molecule has 0 saturated carbocycles. The van der Waals surface area contributed by atoms with E-state index in [4.69, 9.17) is 9.84 Å². The highest BCUT2D eigenvalue weighted by atomic mass is 16.6. The van der Waals surface area contributed by atoms with Crippen LogP contribution in [0.2, 0.25) is 0 Å². The van der Waals surface area contributed by atoms with Crippen LogP contribution < -0.4 is 10.6 Å². The minimum absolute atomic E-state index is 0.0129. The number of nitrogens with one attached hydrogen (secondary N) is 2. The summed E-state index contributed by atoms with van der Waals surface area (Å²) < 4.78 is 6.75. The monoisotopic (exact) mass is 334 g/mol.